The van der Waals surface area contributed by atoms with Gasteiger partial charge in [0.05, 0.1) is 12.3 Å². The standard InChI is InChI=1S/C19H17FN2O3/c20-15-5-1-13(2-6-15)10-17(23)21-16-7-3-12(4-8-16)9-14-11-18(24)22-19(14)25/h1-8,14H,9-11H2,(H,21,23)(H,22,24,25). The fraction of sp³-hybridized carbons (Fsp3) is 0.211. The molecule has 2 aromatic rings. The van der Waals surface area contributed by atoms with E-state index in [1.807, 2.05) is 12.1 Å². The van der Waals surface area contributed by atoms with Crippen molar-refractivity contribution in [3.05, 3.63) is 65.5 Å². The predicted octanol–water partition coefficient (Wildman–Crippen LogP) is 2.21. The van der Waals surface area contributed by atoms with Crippen molar-refractivity contribution in [3.8, 4) is 0 Å². The van der Waals surface area contributed by atoms with Crippen molar-refractivity contribution in [1.29, 1.82) is 0 Å². The lowest BCUT2D eigenvalue weighted by atomic mass is 9.98. The molecule has 0 aliphatic carbocycles. The monoisotopic (exact) mass is 340 g/mol. The Bertz CT molecular complexity index is 800. The fourth-order valence-electron chi connectivity index (χ4n) is 2.77. The van der Waals surface area contributed by atoms with Gasteiger partial charge < -0.3 is 5.32 Å². The summed E-state index contributed by atoms with van der Waals surface area (Å²) in [6, 6.07) is 13.0. The molecular weight excluding hydrogens is 323 g/mol. The van der Waals surface area contributed by atoms with Crippen LogP contribution in [-0.2, 0) is 27.2 Å². The van der Waals surface area contributed by atoms with Gasteiger partial charge >= 0.3 is 0 Å². The molecule has 1 aliphatic rings. The third kappa shape index (κ3) is 4.50. The van der Waals surface area contributed by atoms with Crippen molar-refractivity contribution in [1.82, 2.24) is 5.32 Å². The molecule has 2 N–H and O–H groups in total. The zero-order valence-corrected chi connectivity index (χ0v) is 13.4. The summed E-state index contributed by atoms with van der Waals surface area (Å²) >= 11 is 0. The first-order chi connectivity index (χ1) is 12.0. The first-order valence-electron chi connectivity index (χ1n) is 7.96. The largest absolute Gasteiger partial charge is 0.326 e. The van der Waals surface area contributed by atoms with Crippen LogP contribution in [0.4, 0.5) is 10.1 Å². The average molecular weight is 340 g/mol. The first-order valence-corrected chi connectivity index (χ1v) is 7.96. The molecule has 1 aliphatic heterocycles. The van der Waals surface area contributed by atoms with Crippen molar-refractivity contribution >= 4 is 23.4 Å². The lowest BCUT2D eigenvalue weighted by Crippen LogP contribution is -2.22. The van der Waals surface area contributed by atoms with Gasteiger partial charge in [-0.2, -0.15) is 0 Å². The molecule has 1 saturated heterocycles. The van der Waals surface area contributed by atoms with E-state index in [0.29, 0.717) is 12.1 Å². The molecule has 0 aromatic heterocycles. The van der Waals surface area contributed by atoms with Crippen LogP contribution in [0.2, 0.25) is 0 Å². The number of anilines is 1. The van der Waals surface area contributed by atoms with E-state index in [2.05, 4.69) is 10.6 Å². The van der Waals surface area contributed by atoms with Crippen molar-refractivity contribution in [3.63, 3.8) is 0 Å². The molecule has 25 heavy (non-hydrogen) atoms. The number of imide groups is 1. The lowest BCUT2D eigenvalue weighted by Gasteiger charge is -2.09. The highest BCUT2D eigenvalue weighted by Gasteiger charge is 2.30. The molecule has 1 unspecified atom stereocenters. The van der Waals surface area contributed by atoms with E-state index in [4.69, 9.17) is 0 Å². The number of hydrogen-bond donors (Lipinski definition) is 2. The van der Waals surface area contributed by atoms with E-state index in [1.54, 1.807) is 24.3 Å². The number of halogens is 1. The molecule has 128 valence electrons. The molecule has 3 amide bonds. The predicted molar refractivity (Wildman–Crippen MR) is 90.1 cm³/mol. The third-order valence-electron chi connectivity index (χ3n) is 4.06. The zero-order valence-electron chi connectivity index (χ0n) is 13.4. The molecule has 1 fully saturated rings. The smallest absolute Gasteiger partial charge is 0.230 e. The first kappa shape index (κ1) is 16.8. The maximum absolute atomic E-state index is 12.9. The lowest BCUT2D eigenvalue weighted by molar-refractivity contribution is -0.125. The summed E-state index contributed by atoms with van der Waals surface area (Å²) in [6.07, 6.45) is 0.864. The number of rotatable bonds is 5. The van der Waals surface area contributed by atoms with Crippen LogP contribution in [0.3, 0.4) is 0 Å². The summed E-state index contributed by atoms with van der Waals surface area (Å²) in [7, 11) is 0. The third-order valence-corrected chi connectivity index (χ3v) is 4.06. The number of carbonyl (C=O) groups is 3. The van der Waals surface area contributed by atoms with Crippen LogP contribution in [-0.4, -0.2) is 17.7 Å². The molecule has 3 rings (SSSR count). The maximum Gasteiger partial charge on any atom is 0.230 e. The Hall–Kier alpha value is -3.02. The maximum atomic E-state index is 12.9. The summed E-state index contributed by atoms with van der Waals surface area (Å²) in [5, 5.41) is 5.07. The summed E-state index contributed by atoms with van der Waals surface area (Å²) in [6.45, 7) is 0. The summed E-state index contributed by atoms with van der Waals surface area (Å²) in [4.78, 5) is 34.8. The van der Waals surface area contributed by atoms with Gasteiger partial charge in [-0.15, -0.1) is 0 Å². The summed E-state index contributed by atoms with van der Waals surface area (Å²) in [5.41, 5.74) is 2.29. The molecule has 0 bridgehead atoms. The Kier molecular flexibility index (Phi) is 4.88. The Morgan fingerprint density at radius 3 is 2.28 bits per heavy atom. The van der Waals surface area contributed by atoms with E-state index < -0.39 is 0 Å². The minimum Gasteiger partial charge on any atom is -0.326 e. The van der Waals surface area contributed by atoms with Crippen LogP contribution in [0.5, 0.6) is 0 Å². The topological polar surface area (TPSA) is 75.3 Å². The summed E-state index contributed by atoms with van der Waals surface area (Å²) < 4.78 is 12.9. The zero-order chi connectivity index (χ0) is 17.8. The summed E-state index contributed by atoms with van der Waals surface area (Å²) in [5.74, 6) is -1.33. The van der Waals surface area contributed by atoms with Crippen molar-refractivity contribution in [2.75, 3.05) is 5.32 Å². The van der Waals surface area contributed by atoms with Gasteiger partial charge in [-0.25, -0.2) is 4.39 Å². The van der Waals surface area contributed by atoms with Gasteiger partial charge in [0.15, 0.2) is 0 Å². The van der Waals surface area contributed by atoms with Crippen LogP contribution in [0.25, 0.3) is 0 Å². The van der Waals surface area contributed by atoms with E-state index in [1.165, 1.54) is 12.1 Å². The fourth-order valence-corrected chi connectivity index (χ4v) is 2.77. The second kappa shape index (κ2) is 7.25. The number of benzene rings is 2. The van der Waals surface area contributed by atoms with Crippen LogP contribution in [0.1, 0.15) is 17.5 Å². The quantitative estimate of drug-likeness (QED) is 0.820. The highest BCUT2D eigenvalue weighted by atomic mass is 19.1. The SMILES string of the molecule is O=C1CC(Cc2ccc(NC(=O)Cc3ccc(F)cc3)cc2)C(=O)N1. The van der Waals surface area contributed by atoms with Gasteiger partial charge in [-0.05, 0) is 41.8 Å². The molecule has 2 aromatic carbocycles. The second-order valence-electron chi connectivity index (χ2n) is 6.07. The minimum absolute atomic E-state index is 0.159. The van der Waals surface area contributed by atoms with E-state index in [-0.39, 0.29) is 42.3 Å². The van der Waals surface area contributed by atoms with Gasteiger partial charge in [0.25, 0.3) is 0 Å². The Labute approximate surface area is 144 Å². The van der Waals surface area contributed by atoms with Crippen molar-refractivity contribution in [2.45, 2.75) is 19.3 Å². The molecule has 1 heterocycles. The number of hydrogen-bond acceptors (Lipinski definition) is 3. The van der Waals surface area contributed by atoms with Gasteiger partial charge in [0.1, 0.15) is 5.82 Å². The molecule has 0 spiro atoms. The van der Waals surface area contributed by atoms with Gasteiger partial charge in [-0.3, -0.25) is 19.7 Å². The van der Waals surface area contributed by atoms with Crippen LogP contribution in [0, 0.1) is 11.7 Å². The normalized spacial score (nSPS) is 16.6. The van der Waals surface area contributed by atoms with E-state index >= 15 is 0 Å². The van der Waals surface area contributed by atoms with Gasteiger partial charge in [0.2, 0.25) is 17.7 Å². The molecular formula is C19H17FN2O3. The second-order valence-corrected chi connectivity index (χ2v) is 6.07. The van der Waals surface area contributed by atoms with E-state index in [0.717, 1.165) is 11.1 Å². The average Bonchev–Trinajstić information content (AvgIpc) is 2.89. The minimum atomic E-state index is -0.336. The van der Waals surface area contributed by atoms with Crippen LogP contribution < -0.4 is 10.6 Å². The van der Waals surface area contributed by atoms with Gasteiger partial charge in [-0.1, -0.05) is 24.3 Å². The molecule has 0 saturated carbocycles. The molecule has 6 heteroatoms. The van der Waals surface area contributed by atoms with E-state index in [9.17, 15) is 18.8 Å². The number of carbonyl (C=O) groups excluding carboxylic acids is 3. The van der Waals surface area contributed by atoms with Crippen molar-refractivity contribution < 1.29 is 18.8 Å². The van der Waals surface area contributed by atoms with Crippen molar-refractivity contribution in [2.24, 2.45) is 5.92 Å². The Morgan fingerprint density at radius 2 is 1.68 bits per heavy atom. The molecule has 5 nitrogen and oxygen atoms in total. The van der Waals surface area contributed by atoms with Crippen LogP contribution in [0.15, 0.2) is 48.5 Å². The molecule has 1 atom stereocenters. The Balaban J connectivity index is 1.55. The molecule has 0 radical (unpaired) electrons. The van der Waals surface area contributed by atoms with Gasteiger partial charge in [0, 0.05) is 12.1 Å². The highest BCUT2D eigenvalue weighted by Crippen LogP contribution is 2.19. The Morgan fingerprint density at radius 1 is 1.04 bits per heavy atom. The number of nitrogens with one attached hydrogen (secondary N) is 2. The highest BCUT2D eigenvalue weighted by molar-refractivity contribution is 6.03. The number of amides is 3. The van der Waals surface area contributed by atoms with Crippen LogP contribution >= 0.6 is 0 Å².